The van der Waals surface area contributed by atoms with Gasteiger partial charge in [0, 0.05) is 12.1 Å². The molecule has 5 nitrogen and oxygen atoms in total. The number of hydrogen-bond acceptors (Lipinski definition) is 4. The molecule has 0 aliphatic rings. The summed E-state index contributed by atoms with van der Waals surface area (Å²) in [4.78, 5) is 11.6. The highest BCUT2D eigenvalue weighted by Gasteiger charge is 2.10. The van der Waals surface area contributed by atoms with Crippen molar-refractivity contribution in [2.24, 2.45) is 5.73 Å². The summed E-state index contributed by atoms with van der Waals surface area (Å²) >= 11 is 0. The number of methoxy groups -OCH3 is 1. The summed E-state index contributed by atoms with van der Waals surface area (Å²) in [5.74, 6) is 1.03. The van der Waals surface area contributed by atoms with Crippen molar-refractivity contribution >= 4 is 5.91 Å². The van der Waals surface area contributed by atoms with Crippen molar-refractivity contribution in [1.82, 2.24) is 5.32 Å². The Labute approximate surface area is 126 Å². The molecule has 0 radical (unpaired) electrons. The molecule has 1 rings (SSSR count). The van der Waals surface area contributed by atoms with Gasteiger partial charge in [-0.1, -0.05) is 13.0 Å². The third kappa shape index (κ3) is 6.04. The zero-order chi connectivity index (χ0) is 15.8. The summed E-state index contributed by atoms with van der Waals surface area (Å²) in [6.45, 7) is 5.84. The molecule has 0 aliphatic carbocycles. The quantitative estimate of drug-likeness (QED) is 0.768. The topological polar surface area (TPSA) is 73.6 Å². The minimum Gasteiger partial charge on any atom is -0.493 e. The zero-order valence-electron chi connectivity index (χ0n) is 13.3. The fourth-order valence-electron chi connectivity index (χ4n) is 1.91. The van der Waals surface area contributed by atoms with E-state index in [4.69, 9.17) is 15.2 Å². The van der Waals surface area contributed by atoms with E-state index in [0.29, 0.717) is 11.5 Å². The molecule has 1 aromatic carbocycles. The summed E-state index contributed by atoms with van der Waals surface area (Å²) in [5.41, 5.74) is 7.04. The fourth-order valence-corrected chi connectivity index (χ4v) is 1.91. The summed E-state index contributed by atoms with van der Waals surface area (Å²) in [5, 5.41) is 2.78. The second-order valence-electron chi connectivity index (χ2n) is 5.37. The van der Waals surface area contributed by atoms with E-state index in [1.165, 1.54) is 0 Å². The monoisotopic (exact) mass is 294 g/mol. The number of ether oxygens (including phenoxy) is 2. The lowest BCUT2D eigenvalue weighted by atomic mass is 10.0. The standard InChI is InChI=1S/C16H26N2O3/c1-5-13(17)8-12-6-7-14(20-4)15(9-12)21-10-16(19)18-11(2)3/h6-7,9,11,13H,5,8,10,17H2,1-4H3,(H,18,19). The van der Waals surface area contributed by atoms with Crippen LogP contribution in [-0.4, -0.2) is 31.7 Å². The number of rotatable bonds is 8. The molecule has 1 atom stereocenters. The Morgan fingerprint density at radius 3 is 2.62 bits per heavy atom. The van der Waals surface area contributed by atoms with E-state index >= 15 is 0 Å². The lowest BCUT2D eigenvalue weighted by molar-refractivity contribution is -0.123. The van der Waals surface area contributed by atoms with E-state index in [2.05, 4.69) is 12.2 Å². The number of benzene rings is 1. The molecule has 0 aromatic heterocycles. The van der Waals surface area contributed by atoms with Crippen molar-refractivity contribution in [1.29, 1.82) is 0 Å². The summed E-state index contributed by atoms with van der Waals surface area (Å²) in [6.07, 6.45) is 1.69. The van der Waals surface area contributed by atoms with E-state index in [1.807, 2.05) is 32.0 Å². The molecule has 0 bridgehead atoms. The maximum atomic E-state index is 11.6. The third-order valence-electron chi connectivity index (χ3n) is 3.06. The first-order valence-electron chi connectivity index (χ1n) is 7.30. The molecular weight excluding hydrogens is 268 g/mol. The van der Waals surface area contributed by atoms with E-state index in [-0.39, 0.29) is 24.6 Å². The van der Waals surface area contributed by atoms with Gasteiger partial charge in [0.25, 0.3) is 5.91 Å². The molecule has 1 unspecified atom stereocenters. The van der Waals surface area contributed by atoms with E-state index < -0.39 is 0 Å². The van der Waals surface area contributed by atoms with Crippen LogP contribution in [-0.2, 0) is 11.2 Å². The lowest BCUT2D eigenvalue weighted by Gasteiger charge is -2.14. The molecule has 0 fully saturated rings. The Balaban J connectivity index is 2.73. The van der Waals surface area contributed by atoms with Gasteiger partial charge in [-0.2, -0.15) is 0 Å². The highest BCUT2D eigenvalue weighted by molar-refractivity contribution is 5.77. The number of carbonyl (C=O) groups excluding carboxylic acids is 1. The second kappa shape index (κ2) is 8.52. The predicted octanol–water partition coefficient (Wildman–Crippen LogP) is 1.88. The predicted molar refractivity (Wildman–Crippen MR) is 83.7 cm³/mol. The maximum Gasteiger partial charge on any atom is 0.258 e. The summed E-state index contributed by atoms with van der Waals surface area (Å²) < 4.78 is 10.8. The third-order valence-corrected chi connectivity index (χ3v) is 3.06. The molecule has 0 aliphatic heterocycles. The molecule has 21 heavy (non-hydrogen) atoms. The molecular formula is C16H26N2O3. The second-order valence-corrected chi connectivity index (χ2v) is 5.37. The minimum absolute atomic E-state index is 0.0299. The molecule has 0 heterocycles. The Kier molecular flexibility index (Phi) is 7.02. The van der Waals surface area contributed by atoms with Gasteiger partial charge in [0.2, 0.25) is 0 Å². The smallest absolute Gasteiger partial charge is 0.258 e. The first-order chi connectivity index (χ1) is 9.96. The number of amides is 1. The van der Waals surface area contributed by atoms with Crippen molar-refractivity contribution in [3.63, 3.8) is 0 Å². The number of carbonyl (C=O) groups is 1. The van der Waals surface area contributed by atoms with Crippen LogP contribution in [0.2, 0.25) is 0 Å². The van der Waals surface area contributed by atoms with Crippen LogP contribution in [0.1, 0.15) is 32.8 Å². The normalized spacial score (nSPS) is 12.1. The molecule has 118 valence electrons. The van der Waals surface area contributed by atoms with E-state index in [9.17, 15) is 4.79 Å². The largest absolute Gasteiger partial charge is 0.493 e. The van der Waals surface area contributed by atoms with Crippen LogP contribution in [0.5, 0.6) is 11.5 Å². The Morgan fingerprint density at radius 2 is 2.05 bits per heavy atom. The van der Waals surface area contributed by atoms with Gasteiger partial charge in [0.05, 0.1) is 7.11 Å². The molecule has 1 aromatic rings. The molecule has 0 spiro atoms. The molecule has 0 saturated heterocycles. The van der Waals surface area contributed by atoms with Gasteiger partial charge in [0.1, 0.15) is 0 Å². The van der Waals surface area contributed by atoms with Gasteiger partial charge in [-0.3, -0.25) is 4.79 Å². The first kappa shape index (κ1) is 17.3. The lowest BCUT2D eigenvalue weighted by Crippen LogP contribution is -2.34. The Hall–Kier alpha value is -1.75. The number of nitrogens with one attached hydrogen (secondary N) is 1. The van der Waals surface area contributed by atoms with Crippen molar-refractivity contribution in [2.45, 2.75) is 45.7 Å². The van der Waals surface area contributed by atoms with Gasteiger partial charge in [-0.25, -0.2) is 0 Å². The van der Waals surface area contributed by atoms with Crippen molar-refractivity contribution in [3.8, 4) is 11.5 Å². The molecule has 1 amide bonds. The number of hydrogen-bond donors (Lipinski definition) is 2. The van der Waals surface area contributed by atoms with Crippen molar-refractivity contribution < 1.29 is 14.3 Å². The van der Waals surface area contributed by atoms with E-state index in [1.54, 1.807) is 7.11 Å². The molecule has 3 N–H and O–H groups in total. The SMILES string of the molecule is CCC(N)Cc1ccc(OC)c(OCC(=O)NC(C)C)c1. The van der Waals surface area contributed by atoms with Crippen molar-refractivity contribution in [3.05, 3.63) is 23.8 Å². The van der Waals surface area contributed by atoms with Gasteiger partial charge >= 0.3 is 0 Å². The zero-order valence-corrected chi connectivity index (χ0v) is 13.3. The van der Waals surface area contributed by atoms with Crippen LogP contribution in [0.15, 0.2) is 18.2 Å². The van der Waals surface area contributed by atoms with Crippen LogP contribution in [0.25, 0.3) is 0 Å². The van der Waals surface area contributed by atoms with Crippen LogP contribution < -0.4 is 20.5 Å². The minimum atomic E-state index is -0.150. The fraction of sp³-hybridized carbons (Fsp3) is 0.562. The van der Waals surface area contributed by atoms with Gasteiger partial charge < -0.3 is 20.5 Å². The van der Waals surface area contributed by atoms with Crippen LogP contribution >= 0.6 is 0 Å². The Bertz CT molecular complexity index is 461. The highest BCUT2D eigenvalue weighted by Crippen LogP contribution is 2.28. The molecule has 0 saturated carbocycles. The summed E-state index contributed by atoms with van der Waals surface area (Å²) in [7, 11) is 1.58. The van der Waals surface area contributed by atoms with Crippen LogP contribution in [0.4, 0.5) is 0 Å². The van der Waals surface area contributed by atoms with Crippen LogP contribution in [0, 0.1) is 0 Å². The first-order valence-corrected chi connectivity index (χ1v) is 7.30. The van der Waals surface area contributed by atoms with Gasteiger partial charge in [-0.05, 0) is 44.4 Å². The molecule has 5 heteroatoms. The highest BCUT2D eigenvalue weighted by atomic mass is 16.5. The van der Waals surface area contributed by atoms with Crippen molar-refractivity contribution in [2.75, 3.05) is 13.7 Å². The van der Waals surface area contributed by atoms with Crippen LogP contribution in [0.3, 0.4) is 0 Å². The van der Waals surface area contributed by atoms with Gasteiger partial charge in [0.15, 0.2) is 18.1 Å². The maximum absolute atomic E-state index is 11.6. The average Bonchev–Trinajstić information content (AvgIpc) is 2.44. The number of nitrogens with two attached hydrogens (primary N) is 1. The average molecular weight is 294 g/mol. The Morgan fingerprint density at radius 1 is 1.33 bits per heavy atom. The van der Waals surface area contributed by atoms with E-state index in [0.717, 1.165) is 18.4 Å². The summed E-state index contributed by atoms with van der Waals surface area (Å²) in [6, 6.07) is 5.91. The van der Waals surface area contributed by atoms with Gasteiger partial charge in [-0.15, -0.1) is 0 Å².